The smallest absolute Gasteiger partial charge is 0.282 e. The van der Waals surface area contributed by atoms with Gasteiger partial charge in [-0.25, -0.2) is 4.90 Å². The highest BCUT2D eigenvalue weighted by Gasteiger charge is 2.43. The van der Waals surface area contributed by atoms with E-state index in [0.29, 0.717) is 34.5 Å². The van der Waals surface area contributed by atoms with E-state index in [1.807, 2.05) is 55.5 Å². The molecule has 2 amide bonds. The Kier molecular flexibility index (Phi) is 5.37. The molecule has 0 bridgehead atoms. The first-order chi connectivity index (χ1) is 14.4. The first-order valence-electron chi connectivity index (χ1n) is 10.5. The minimum absolute atomic E-state index is 0.240. The normalized spacial score (nSPS) is 22.1. The highest BCUT2D eigenvalue weighted by molar-refractivity contribution is 6.45. The fourth-order valence-corrected chi connectivity index (χ4v) is 4.60. The van der Waals surface area contributed by atoms with Gasteiger partial charge in [0, 0.05) is 13.1 Å². The summed E-state index contributed by atoms with van der Waals surface area (Å²) < 4.78 is 5.26. The monoisotopic (exact) mass is 404 g/mol. The molecule has 2 aliphatic rings. The van der Waals surface area contributed by atoms with E-state index in [-0.39, 0.29) is 11.8 Å². The van der Waals surface area contributed by atoms with Gasteiger partial charge in [0.25, 0.3) is 11.8 Å². The summed E-state index contributed by atoms with van der Waals surface area (Å²) >= 11 is 0. The predicted molar refractivity (Wildman–Crippen MR) is 118 cm³/mol. The van der Waals surface area contributed by atoms with Crippen molar-refractivity contribution in [3.63, 3.8) is 0 Å². The lowest BCUT2D eigenvalue weighted by Crippen LogP contribution is -2.42. The van der Waals surface area contributed by atoms with E-state index < -0.39 is 0 Å². The molecule has 0 N–H and O–H groups in total. The largest absolute Gasteiger partial charge is 0.497 e. The fraction of sp³-hybridized carbons (Fsp3) is 0.360. The highest BCUT2D eigenvalue weighted by Crippen LogP contribution is 2.37. The van der Waals surface area contributed by atoms with Crippen LogP contribution < -0.4 is 9.64 Å². The summed E-state index contributed by atoms with van der Waals surface area (Å²) in [7, 11) is 1.61. The minimum atomic E-state index is -0.269. The van der Waals surface area contributed by atoms with Gasteiger partial charge in [0.2, 0.25) is 0 Å². The van der Waals surface area contributed by atoms with Crippen LogP contribution in [0.5, 0.6) is 5.75 Å². The summed E-state index contributed by atoms with van der Waals surface area (Å²) in [5.74, 6) is 1.14. The number of methoxy groups -OCH3 is 1. The Hall–Kier alpha value is -3.08. The Morgan fingerprint density at radius 2 is 1.47 bits per heavy atom. The lowest BCUT2D eigenvalue weighted by Gasteiger charge is -2.37. The number of imide groups is 1. The molecule has 2 unspecified atom stereocenters. The summed E-state index contributed by atoms with van der Waals surface area (Å²) in [5.41, 5.74) is 3.42. The average Bonchev–Trinajstić information content (AvgIpc) is 2.98. The quantitative estimate of drug-likeness (QED) is 0.715. The minimum Gasteiger partial charge on any atom is -0.497 e. The van der Waals surface area contributed by atoms with Crippen molar-refractivity contribution >= 4 is 23.1 Å². The molecule has 2 aromatic rings. The van der Waals surface area contributed by atoms with E-state index >= 15 is 0 Å². The molecule has 0 aromatic heterocycles. The van der Waals surface area contributed by atoms with Crippen LogP contribution in [0.3, 0.4) is 0 Å². The molecule has 1 saturated heterocycles. The third kappa shape index (κ3) is 3.60. The number of nitrogens with zero attached hydrogens (tertiary/aromatic N) is 2. The van der Waals surface area contributed by atoms with Crippen LogP contribution in [-0.2, 0) is 9.59 Å². The van der Waals surface area contributed by atoms with E-state index in [4.69, 9.17) is 4.74 Å². The van der Waals surface area contributed by atoms with Crippen molar-refractivity contribution in [2.24, 2.45) is 11.8 Å². The number of carbonyl (C=O) groups excluding carboxylic acids is 2. The number of aryl methyl sites for hydroxylation is 1. The number of amides is 2. The van der Waals surface area contributed by atoms with Crippen LogP contribution in [0.2, 0.25) is 0 Å². The zero-order valence-corrected chi connectivity index (χ0v) is 18.0. The van der Waals surface area contributed by atoms with Crippen LogP contribution in [-0.4, -0.2) is 36.9 Å². The van der Waals surface area contributed by atoms with Gasteiger partial charge in [-0.3, -0.25) is 9.59 Å². The maximum atomic E-state index is 13.6. The van der Waals surface area contributed by atoms with Crippen LogP contribution in [0, 0.1) is 18.8 Å². The predicted octanol–water partition coefficient (Wildman–Crippen LogP) is 4.27. The number of anilines is 1. The van der Waals surface area contributed by atoms with Gasteiger partial charge in [-0.15, -0.1) is 0 Å². The van der Waals surface area contributed by atoms with Gasteiger partial charge in [0.15, 0.2) is 0 Å². The first-order valence-corrected chi connectivity index (χ1v) is 10.5. The fourth-order valence-electron chi connectivity index (χ4n) is 4.60. The van der Waals surface area contributed by atoms with E-state index in [2.05, 4.69) is 18.7 Å². The molecule has 5 nitrogen and oxygen atoms in total. The molecule has 2 atom stereocenters. The van der Waals surface area contributed by atoms with E-state index in [9.17, 15) is 9.59 Å². The zero-order chi connectivity index (χ0) is 21.4. The Morgan fingerprint density at radius 1 is 0.867 bits per heavy atom. The molecule has 0 spiro atoms. The van der Waals surface area contributed by atoms with Gasteiger partial charge < -0.3 is 9.64 Å². The Bertz CT molecular complexity index is 982. The average molecular weight is 405 g/mol. The van der Waals surface area contributed by atoms with Gasteiger partial charge in [-0.1, -0.05) is 43.7 Å². The molecule has 4 rings (SSSR count). The van der Waals surface area contributed by atoms with Crippen molar-refractivity contribution in [3.8, 4) is 5.75 Å². The van der Waals surface area contributed by atoms with Crippen LogP contribution in [0.25, 0.3) is 5.57 Å². The molecule has 0 saturated carbocycles. The van der Waals surface area contributed by atoms with Crippen molar-refractivity contribution in [1.29, 1.82) is 0 Å². The van der Waals surface area contributed by atoms with Crippen molar-refractivity contribution in [3.05, 3.63) is 65.4 Å². The van der Waals surface area contributed by atoms with Gasteiger partial charge in [-0.05, 0) is 55.0 Å². The number of hydrogen-bond donors (Lipinski definition) is 0. The van der Waals surface area contributed by atoms with Gasteiger partial charge >= 0.3 is 0 Å². The number of benzene rings is 2. The number of rotatable bonds is 4. The van der Waals surface area contributed by atoms with Crippen LogP contribution in [0.4, 0.5) is 5.69 Å². The number of carbonyl (C=O) groups is 2. The molecule has 1 fully saturated rings. The molecule has 30 heavy (non-hydrogen) atoms. The van der Waals surface area contributed by atoms with Gasteiger partial charge in [0.1, 0.15) is 11.4 Å². The zero-order valence-electron chi connectivity index (χ0n) is 18.0. The van der Waals surface area contributed by atoms with E-state index in [1.54, 1.807) is 7.11 Å². The molecule has 2 heterocycles. The lowest BCUT2D eigenvalue weighted by atomic mass is 9.91. The molecule has 2 aliphatic heterocycles. The third-order valence-electron chi connectivity index (χ3n) is 5.92. The number of likely N-dealkylation sites (tertiary alicyclic amines) is 1. The number of piperidine rings is 1. The summed E-state index contributed by atoms with van der Waals surface area (Å²) in [6.45, 7) is 7.95. The van der Waals surface area contributed by atoms with Crippen LogP contribution in [0.15, 0.2) is 54.2 Å². The number of hydrogen-bond acceptors (Lipinski definition) is 4. The SMILES string of the molecule is COc1ccc(C2=C(N3CC(C)CC(C)C3)C(=O)N(c3ccc(C)cc3)C2=O)cc1. The second kappa shape index (κ2) is 7.98. The summed E-state index contributed by atoms with van der Waals surface area (Å²) in [4.78, 5) is 30.6. The molecule has 156 valence electrons. The molecule has 5 heteroatoms. The highest BCUT2D eigenvalue weighted by atomic mass is 16.5. The van der Waals surface area contributed by atoms with Crippen LogP contribution in [0.1, 0.15) is 31.4 Å². The molecular formula is C25H28N2O3. The summed E-state index contributed by atoms with van der Waals surface area (Å²) in [6.07, 6.45) is 1.13. The summed E-state index contributed by atoms with van der Waals surface area (Å²) in [6, 6.07) is 14.9. The summed E-state index contributed by atoms with van der Waals surface area (Å²) in [5, 5.41) is 0. The molecular weight excluding hydrogens is 376 g/mol. The van der Waals surface area contributed by atoms with Crippen LogP contribution >= 0.6 is 0 Å². The first kappa shape index (κ1) is 20.2. The lowest BCUT2D eigenvalue weighted by molar-refractivity contribution is -0.120. The Labute approximate surface area is 177 Å². The Balaban J connectivity index is 1.81. The second-order valence-electron chi connectivity index (χ2n) is 8.58. The van der Waals surface area contributed by atoms with Crippen molar-refractivity contribution in [1.82, 2.24) is 4.90 Å². The topological polar surface area (TPSA) is 49.9 Å². The van der Waals surface area contributed by atoms with Crippen molar-refractivity contribution < 1.29 is 14.3 Å². The van der Waals surface area contributed by atoms with E-state index in [1.165, 1.54) is 4.90 Å². The third-order valence-corrected chi connectivity index (χ3v) is 5.92. The molecule has 2 aromatic carbocycles. The maximum absolute atomic E-state index is 13.6. The van der Waals surface area contributed by atoms with Gasteiger partial charge in [-0.2, -0.15) is 0 Å². The van der Waals surface area contributed by atoms with Crippen molar-refractivity contribution in [2.45, 2.75) is 27.2 Å². The standard InChI is InChI=1S/C25H28N2O3/c1-16-5-9-20(10-6-16)27-24(28)22(19-7-11-21(30-4)12-8-19)23(25(27)29)26-14-17(2)13-18(3)15-26/h5-12,17-18H,13-15H2,1-4H3. The molecule has 0 radical (unpaired) electrons. The molecule has 0 aliphatic carbocycles. The maximum Gasteiger partial charge on any atom is 0.282 e. The van der Waals surface area contributed by atoms with Gasteiger partial charge in [0.05, 0.1) is 18.4 Å². The number of ether oxygens (including phenoxy) is 1. The van der Waals surface area contributed by atoms with E-state index in [0.717, 1.165) is 30.6 Å². The Morgan fingerprint density at radius 3 is 2.03 bits per heavy atom. The van der Waals surface area contributed by atoms with Crippen molar-refractivity contribution in [2.75, 3.05) is 25.1 Å². The second-order valence-corrected chi connectivity index (χ2v) is 8.58.